The number of hydrogen-bond acceptors (Lipinski definition) is 3. The van der Waals surface area contributed by atoms with E-state index >= 15 is 0 Å². The Kier molecular flexibility index (Phi) is 6.40. The third kappa shape index (κ3) is 4.55. The summed E-state index contributed by atoms with van der Waals surface area (Å²) in [4.78, 5) is 11.9. The summed E-state index contributed by atoms with van der Waals surface area (Å²) in [6, 6.07) is 4.25. The van der Waals surface area contributed by atoms with E-state index in [1.165, 1.54) is 29.5 Å². The normalized spacial score (nSPS) is 14.3. The van der Waals surface area contributed by atoms with E-state index in [1.807, 2.05) is 6.07 Å². The number of primary amides is 1. The fourth-order valence-electron chi connectivity index (χ4n) is 3.02. The molecule has 1 amide bonds. The number of carbonyl (C=O) groups excluding carboxylic acids is 1. The minimum absolute atomic E-state index is 0.302. The summed E-state index contributed by atoms with van der Waals surface area (Å²) in [7, 11) is 3.43. The van der Waals surface area contributed by atoms with Crippen LogP contribution in [0.4, 0.5) is 0 Å². The number of benzene rings is 1. The molecule has 1 aliphatic carbocycles. The molecule has 4 heteroatoms. The van der Waals surface area contributed by atoms with Crippen molar-refractivity contribution in [2.24, 2.45) is 5.73 Å². The van der Waals surface area contributed by atoms with Gasteiger partial charge >= 0.3 is 0 Å². The molecule has 0 radical (unpaired) electrons. The van der Waals surface area contributed by atoms with Crippen LogP contribution >= 0.6 is 0 Å². The van der Waals surface area contributed by atoms with Crippen LogP contribution in [0.25, 0.3) is 0 Å². The van der Waals surface area contributed by atoms with Crippen molar-refractivity contribution in [3.05, 3.63) is 34.4 Å². The first-order chi connectivity index (χ1) is 10.7. The number of nitrogens with two attached hydrogens (primary N) is 1. The first-order valence-corrected chi connectivity index (χ1v) is 8.10. The Bertz CT molecular complexity index is 509. The van der Waals surface area contributed by atoms with Gasteiger partial charge < -0.3 is 15.2 Å². The summed E-state index contributed by atoms with van der Waals surface area (Å²) in [5, 5.41) is 0. The highest BCUT2D eigenvalue weighted by atomic mass is 16.5. The monoisotopic (exact) mass is 305 g/mol. The van der Waals surface area contributed by atoms with Crippen molar-refractivity contribution in [2.45, 2.75) is 44.4 Å². The highest BCUT2D eigenvalue weighted by Gasteiger charge is 2.30. The van der Waals surface area contributed by atoms with Crippen LogP contribution in [-0.4, -0.2) is 33.3 Å². The lowest BCUT2D eigenvalue weighted by Gasteiger charge is -2.16. The number of ether oxygens (including phenoxy) is 2. The first kappa shape index (κ1) is 17.0. The molecule has 0 heterocycles. The van der Waals surface area contributed by atoms with Gasteiger partial charge in [0.05, 0.1) is 0 Å². The van der Waals surface area contributed by atoms with Gasteiger partial charge in [0.25, 0.3) is 0 Å². The lowest BCUT2D eigenvalue weighted by molar-refractivity contribution is 0.0999. The largest absolute Gasteiger partial charge is 0.385 e. The fraction of sp³-hybridized carbons (Fsp3) is 0.611. The topological polar surface area (TPSA) is 61.6 Å². The third-order valence-corrected chi connectivity index (χ3v) is 4.19. The molecule has 2 rings (SSSR count). The minimum Gasteiger partial charge on any atom is -0.385 e. The Morgan fingerprint density at radius 1 is 1.14 bits per heavy atom. The van der Waals surface area contributed by atoms with Gasteiger partial charge in [-0.1, -0.05) is 6.07 Å². The zero-order valence-electron chi connectivity index (χ0n) is 13.7. The lowest BCUT2D eigenvalue weighted by atomic mass is 9.90. The van der Waals surface area contributed by atoms with Gasteiger partial charge in [0, 0.05) is 33.0 Å². The number of carbonyl (C=O) groups is 1. The van der Waals surface area contributed by atoms with E-state index in [0.717, 1.165) is 44.5 Å². The molecule has 4 nitrogen and oxygen atoms in total. The molecule has 1 aromatic carbocycles. The van der Waals surface area contributed by atoms with Gasteiger partial charge in [0.15, 0.2) is 0 Å². The smallest absolute Gasteiger partial charge is 0.249 e. The summed E-state index contributed by atoms with van der Waals surface area (Å²) >= 11 is 0. The maximum Gasteiger partial charge on any atom is 0.249 e. The van der Waals surface area contributed by atoms with Gasteiger partial charge in [-0.2, -0.15) is 0 Å². The molecule has 1 saturated carbocycles. The molecule has 0 saturated heterocycles. The SMILES string of the molecule is COCCCc1cc(CCCOC)c(C2CC2)c(C(N)=O)c1. The number of rotatable bonds is 10. The van der Waals surface area contributed by atoms with Crippen molar-refractivity contribution >= 4 is 5.91 Å². The number of hydrogen-bond donors (Lipinski definition) is 1. The number of amides is 1. The van der Waals surface area contributed by atoms with Gasteiger partial charge in [0.2, 0.25) is 5.91 Å². The molecule has 2 N–H and O–H groups in total. The van der Waals surface area contributed by atoms with Crippen LogP contribution in [0.3, 0.4) is 0 Å². The quantitative estimate of drug-likeness (QED) is 0.676. The molecule has 0 bridgehead atoms. The summed E-state index contributed by atoms with van der Waals surface area (Å²) in [6.45, 7) is 1.47. The molecule has 1 aliphatic rings. The number of methoxy groups -OCH3 is 2. The Labute approximate surface area is 133 Å². The second-order valence-corrected chi connectivity index (χ2v) is 6.05. The summed E-state index contributed by atoms with van der Waals surface area (Å²) < 4.78 is 10.3. The van der Waals surface area contributed by atoms with Crippen molar-refractivity contribution in [3.63, 3.8) is 0 Å². The molecular weight excluding hydrogens is 278 g/mol. The second-order valence-electron chi connectivity index (χ2n) is 6.05. The van der Waals surface area contributed by atoms with Crippen LogP contribution < -0.4 is 5.73 Å². The van der Waals surface area contributed by atoms with Crippen molar-refractivity contribution in [2.75, 3.05) is 27.4 Å². The summed E-state index contributed by atoms with van der Waals surface area (Å²) in [5.41, 5.74) is 10.0. The first-order valence-electron chi connectivity index (χ1n) is 8.10. The van der Waals surface area contributed by atoms with Crippen LogP contribution in [0.2, 0.25) is 0 Å². The summed E-state index contributed by atoms with van der Waals surface area (Å²) in [5.74, 6) is 0.219. The fourth-order valence-corrected chi connectivity index (χ4v) is 3.02. The zero-order valence-corrected chi connectivity index (χ0v) is 13.7. The van der Waals surface area contributed by atoms with Crippen molar-refractivity contribution in [3.8, 4) is 0 Å². The predicted octanol–water partition coefficient (Wildman–Crippen LogP) is 2.82. The van der Waals surface area contributed by atoms with E-state index in [9.17, 15) is 4.79 Å². The maximum atomic E-state index is 11.9. The molecular formula is C18H27NO3. The van der Waals surface area contributed by atoms with Gasteiger partial charge in [-0.05, 0) is 67.2 Å². The number of aryl methyl sites for hydroxylation is 2. The Hall–Kier alpha value is -1.39. The second kappa shape index (κ2) is 8.30. The van der Waals surface area contributed by atoms with Gasteiger partial charge in [-0.15, -0.1) is 0 Å². The Morgan fingerprint density at radius 2 is 1.77 bits per heavy atom. The maximum absolute atomic E-state index is 11.9. The van der Waals surface area contributed by atoms with Gasteiger partial charge in [0.1, 0.15) is 0 Å². The van der Waals surface area contributed by atoms with E-state index in [-0.39, 0.29) is 5.91 Å². The van der Waals surface area contributed by atoms with E-state index in [4.69, 9.17) is 15.2 Å². The van der Waals surface area contributed by atoms with E-state index in [0.29, 0.717) is 5.92 Å². The van der Waals surface area contributed by atoms with Crippen LogP contribution in [-0.2, 0) is 22.3 Å². The molecule has 0 spiro atoms. The standard InChI is InChI=1S/C18H27NO3/c1-21-9-3-5-13-11-15(6-4-10-22-2)17(14-7-8-14)16(12-13)18(19)20/h11-12,14H,3-10H2,1-2H3,(H2,19,20). The Balaban J connectivity index is 2.26. The molecule has 0 unspecified atom stereocenters. The molecule has 0 atom stereocenters. The molecule has 0 aliphatic heterocycles. The van der Waals surface area contributed by atoms with Crippen molar-refractivity contribution < 1.29 is 14.3 Å². The molecule has 0 aromatic heterocycles. The third-order valence-electron chi connectivity index (χ3n) is 4.19. The van der Waals surface area contributed by atoms with Gasteiger partial charge in [-0.3, -0.25) is 4.79 Å². The van der Waals surface area contributed by atoms with Crippen LogP contribution in [0.1, 0.15) is 58.6 Å². The zero-order chi connectivity index (χ0) is 15.9. The van der Waals surface area contributed by atoms with E-state index in [2.05, 4.69) is 6.07 Å². The molecule has 1 aromatic rings. The average Bonchev–Trinajstić information content (AvgIpc) is 3.32. The van der Waals surface area contributed by atoms with E-state index < -0.39 is 0 Å². The highest BCUT2D eigenvalue weighted by molar-refractivity contribution is 5.95. The van der Waals surface area contributed by atoms with Crippen LogP contribution in [0.5, 0.6) is 0 Å². The van der Waals surface area contributed by atoms with Crippen LogP contribution in [0.15, 0.2) is 12.1 Å². The Morgan fingerprint density at radius 3 is 2.32 bits per heavy atom. The highest BCUT2D eigenvalue weighted by Crippen LogP contribution is 2.44. The van der Waals surface area contributed by atoms with Crippen molar-refractivity contribution in [1.82, 2.24) is 0 Å². The molecule has 122 valence electrons. The molecule has 22 heavy (non-hydrogen) atoms. The van der Waals surface area contributed by atoms with Crippen molar-refractivity contribution in [1.29, 1.82) is 0 Å². The van der Waals surface area contributed by atoms with Gasteiger partial charge in [-0.25, -0.2) is 0 Å². The molecule has 1 fully saturated rings. The average molecular weight is 305 g/mol. The lowest BCUT2D eigenvalue weighted by Crippen LogP contribution is -2.16. The van der Waals surface area contributed by atoms with E-state index in [1.54, 1.807) is 14.2 Å². The predicted molar refractivity (Wildman–Crippen MR) is 87.3 cm³/mol. The van der Waals surface area contributed by atoms with Crippen LogP contribution in [0, 0.1) is 0 Å². The minimum atomic E-state index is -0.302. The summed E-state index contributed by atoms with van der Waals surface area (Å²) in [6.07, 6.45) is 6.11.